The van der Waals surface area contributed by atoms with Crippen LogP contribution in [0.1, 0.15) is 32.1 Å². The summed E-state index contributed by atoms with van der Waals surface area (Å²) in [6.07, 6.45) is 7.81. The van der Waals surface area contributed by atoms with Crippen LogP contribution in [0.2, 0.25) is 5.02 Å². The molecule has 7 nitrogen and oxygen atoms in total. The van der Waals surface area contributed by atoms with Crippen molar-refractivity contribution in [3.63, 3.8) is 0 Å². The molecular formula is C21H23ClFN5O2. The summed E-state index contributed by atoms with van der Waals surface area (Å²) >= 11 is 6.41. The van der Waals surface area contributed by atoms with Crippen molar-refractivity contribution in [3.8, 4) is 11.1 Å². The Morgan fingerprint density at radius 1 is 1.03 bits per heavy atom. The molecule has 30 heavy (non-hydrogen) atoms. The van der Waals surface area contributed by atoms with Crippen molar-refractivity contribution in [1.82, 2.24) is 19.6 Å². The first-order chi connectivity index (χ1) is 14.7. The molecule has 0 atom stereocenters. The van der Waals surface area contributed by atoms with Crippen molar-refractivity contribution in [2.75, 3.05) is 31.2 Å². The molecule has 2 aliphatic rings. The minimum atomic E-state index is -0.535. The Balaban J connectivity index is 1.62. The van der Waals surface area contributed by atoms with Crippen molar-refractivity contribution in [3.05, 3.63) is 41.6 Å². The first kappa shape index (κ1) is 19.7. The summed E-state index contributed by atoms with van der Waals surface area (Å²) in [5.41, 5.74) is 0.916. The number of hydrogen-bond donors (Lipinski definition) is 0. The smallest absolute Gasteiger partial charge is 0.254 e. The average Bonchev–Trinajstić information content (AvgIpc) is 3.41. The van der Waals surface area contributed by atoms with Gasteiger partial charge in [0.25, 0.3) is 5.78 Å². The zero-order valence-electron chi connectivity index (χ0n) is 16.6. The van der Waals surface area contributed by atoms with Gasteiger partial charge in [0.15, 0.2) is 5.79 Å². The van der Waals surface area contributed by atoms with Crippen molar-refractivity contribution < 1.29 is 13.9 Å². The van der Waals surface area contributed by atoms with Gasteiger partial charge in [0.2, 0.25) is 0 Å². The molecule has 2 saturated heterocycles. The first-order valence-electron chi connectivity index (χ1n) is 10.3. The maximum absolute atomic E-state index is 14.8. The van der Waals surface area contributed by atoms with E-state index >= 15 is 0 Å². The maximum atomic E-state index is 14.8. The van der Waals surface area contributed by atoms with Crippen LogP contribution in [0.15, 0.2) is 30.7 Å². The molecule has 0 unspecified atom stereocenters. The Hall–Kier alpha value is -2.29. The van der Waals surface area contributed by atoms with Crippen LogP contribution >= 0.6 is 11.6 Å². The van der Waals surface area contributed by atoms with Crippen LogP contribution in [-0.4, -0.2) is 51.7 Å². The Kier molecular flexibility index (Phi) is 5.30. The van der Waals surface area contributed by atoms with Gasteiger partial charge in [-0.1, -0.05) is 24.1 Å². The highest BCUT2D eigenvalue weighted by molar-refractivity contribution is 6.33. The zero-order chi connectivity index (χ0) is 20.6. The quantitative estimate of drug-likeness (QED) is 0.608. The molecule has 3 aromatic rings. The fraction of sp³-hybridized carbons (Fsp3) is 0.476. The van der Waals surface area contributed by atoms with E-state index in [1.807, 2.05) is 0 Å². The average molecular weight is 432 g/mol. The Labute approximate surface area is 178 Å². The third-order valence-corrected chi connectivity index (χ3v) is 6.19. The fourth-order valence-electron chi connectivity index (χ4n) is 4.42. The molecule has 0 saturated carbocycles. The lowest BCUT2D eigenvalue weighted by Gasteiger charge is -2.31. The second-order valence-corrected chi connectivity index (χ2v) is 8.13. The second-order valence-electron chi connectivity index (χ2n) is 7.72. The van der Waals surface area contributed by atoms with E-state index in [1.54, 1.807) is 22.8 Å². The molecule has 0 bridgehead atoms. The van der Waals surface area contributed by atoms with Crippen molar-refractivity contribution in [1.29, 1.82) is 0 Å². The van der Waals surface area contributed by atoms with Crippen LogP contribution in [-0.2, 0) is 9.47 Å². The van der Waals surface area contributed by atoms with Crippen LogP contribution in [0.5, 0.6) is 0 Å². The molecule has 0 amide bonds. The summed E-state index contributed by atoms with van der Waals surface area (Å²) in [6.45, 7) is 2.73. The summed E-state index contributed by atoms with van der Waals surface area (Å²) in [5.74, 6) is 0.268. The zero-order valence-corrected chi connectivity index (χ0v) is 17.3. The fourth-order valence-corrected chi connectivity index (χ4v) is 4.68. The third kappa shape index (κ3) is 3.53. The van der Waals surface area contributed by atoms with Crippen molar-refractivity contribution >= 4 is 23.2 Å². The number of nitrogens with zero attached hydrogens (tertiary/aromatic N) is 5. The second kappa shape index (κ2) is 8.09. The van der Waals surface area contributed by atoms with E-state index in [0.29, 0.717) is 41.7 Å². The van der Waals surface area contributed by atoms with Gasteiger partial charge in [-0.2, -0.15) is 14.6 Å². The number of rotatable bonds is 2. The maximum Gasteiger partial charge on any atom is 0.254 e. The molecule has 4 heterocycles. The van der Waals surface area contributed by atoms with Gasteiger partial charge in [-0.3, -0.25) is 0 Å². The van der Waals surface area contributed by atoms with E-state index in [0.717, 1.165) is 44.5 Å². The lowest BCUT2D eigenvalue weighted by molar-refractivity contribution is -0.165. The molecular weight excluding hydrogens is 409 g/mol. The van der Waals surface area contributed by atoms with Gasteiger partial charge < -0.3 is 14.4 Å². The first-order valence-corrected chi connectivity index (χ1v) is 10.7. The summed E-state index contributed by atoms with van der Waals surface area (Å²) < 4.78 is 28.5. The largest absolute Gasteiger partial charge is 0.356 e. The number of hydrogen-bond acceptors (Lipinski definition) is 6. The van der Waals surface area contributed by atoms with Gasteiger partial charge in [0.1, 0.15) is 18.0 Å². The number of fused-ring (bicyclic) bond motifs is 1. The molecule has 9 heteroatoms. The normalized spacial score (nSPS) is 19.7. The number of ether oxygens (including phenoxy) is 2. The van der Waals surface area contributed by atoms with Crippen LogP contribution in [0, 0.1) is 5.82 Å². The van der Waals surface area contributed by atoms with Crippen molar-refractivity contribution in [2.24, 2.45) is 0 Å². The van der Waals surface area contributed by atoms with Gasteiger partial charge in [0.05, 0.1) is 18.2 Å². The van der Waals surface area contributed by atoms with E-state index in [-0.39, 0.29) is 0 Å². The van der Waals surface area contributed by atoms with Gasteiger partial charge >= 0.3 is 0 Å². The summed E-state index contributed by atoms with van der Waals surface area (Å²) in [5, 5.41) is 4.71. The summed E-state index contributed by atoms with van der Waals surface area (Å²) in [6, 6.07) is 4.69. The van der Waals surface area contributed by atoms with E-state index in [1.165, 1.54) is 12.4 Å². The standard InChI is InChI=1S/C21H23ClFN5O2/c22-16-5-4-6-17(23)18(16)15-13-24-20-25-14-26-28(20)19(15)27-9-3-1-2-7-21(8-10-27)29-11-12-30-21/h4-6,13-14H,1-3,7-12H2. The highest BCUT2D eigenvalue weighted by Crippen LogP contribution is 2.38. The van der Waals surface area contributed by atoms with Gasteiger partial charge in [-0.15, -0.1) is 0 Å². The Bertz CT molecular complexity index is 1030. The highest BCUT2D eigenvalue weighted by atomic mass is 35.5. The van der Waals surface area contributed by atoms with Crippen LogP contribution < -0.4 is 4.90 Å². The van der Waals surface area contributed by atoms with Gasteiger partial charge in [0, 0.05) is 43.3 Å². The molecule has 2 aromatic heterocycles. The molecule has 1 aromatic carbocycles. The minimum absolute atomic E-state index is 0.321. The molecule has 158 valence electrons. The van der Waals surface area contributed by atoms with Crippen LogP contribution in [0.3, 0.4) is 0 Å². The number of benzene rings is 1. The van der Waals surface area contributed by atoms with E-state index in [9.17, 15) is 4.39 Å². The minimum Gasteiger partial charge on any atom is -0.356 e. The number of aromatic nitrogens is 4. The number of anilines is 1. The van der Waals surface area contributed by atoms with Crippen LogP contribution in [0.25, 0.3) is 16.9 Å². The molecule has 2 aliphatic heterocycles. The molecule has 1 spiro atoms. The summed E-state index contributed by atoms with van der Waals surface area (Å²) in [4.78, 5) is 10.8. The monoisotopic (exact) mass is 431 g/mol. The highest BCUT2D eigenvalue weighted by Gasteiger charge is 2.37. The molecule has 2 fully saturated rings. The predicted octanol–water partition coefficient (Wildman–Crippen LogP) is 4.10. The predicted molar refractivity (Wildman–Crippen MR) is 111 cm³/mol. The topological polar surface area (TPSA) is 64.8 Å². The number of halogens is 2. The molecule has 0 radical (unpaired) electrons. The van der Waals surface area contributed by atoms with Crippen molar-refractivity contribution in [2.45, 2.75) is 37.9 Å². The van der Waals surface area contributed by atoms with Gasteiger partial charge in [-0.25, -0.2) is 9.37 Å². The molecule has 0 aliphatic carbocycles. The molecule has 0 N–H and O–H groups in total. The van der Waals surface area contributed by atoms with Crippen LogP contribution in [0.4, 0.5) is 10.2 Å². The lowest BCUT2D eigenvalue weighted by Crippen LogP contribution is -2.36. The SMILES string of the molecule is Fc1cccc(Cl)c1-c1cnc2ncnn2c1N1CCCCCC2(CC1)OCCO2. The van der Waals surface area contributed by atoms with E-state index < -0.39 is 11.6 Å². The Morgan fingerprint density at radius 2 is 1.90 bits per heavy atom. The lowest BCUT2D eigenvalue weighted by atomic mass is 10.0. The summed E-state index contributed by atoms with van der Waals surface area (Å²) in [7, 11) is 0. The Morgan fingerprint density at radius 3 is 2.73 bits per heavy atom. The van der Waals surface area contributed by atoms with E-state index in [2.05, 4.69) is 20.0 Å². The molecule has 5 rings (SSSR count). The van der Waals surface area contributed by atoms with E-state index in [4.69, 9.17) is 21.1 Å². The van der Waals surface area contributed by atoms with Gasteiger partial charge in [-0.05, 0) is 25.0 Å². The third-order valence-electron chi connectivity index (χ3n) is 5.87.